The number of carbonyl (C=O) groups excluding carboxylic acids is 1. The van der Waals surface area contributed by atoms with E-state index >= 15 is 0 Å². The molecule has 3 N–H and O–H groups in total. The molecule has 2 aromatic carbocycles. The van der Waals surface area contributed by atoms with Crippen LogP contribution in [-0.2, 0) is 0 Å². The number of para-hydroxylation sites is 1. The van der Waals surface area contributed by atoms with Crippen molar-refractivity contribution in [1.82, 2.24) is 15.2 Å². The number of aromatic nitrogens is 2. The summed E-state index contributed by atoms with van der Waals surface area (Å²) in [5.41, 5.74) is 4.74. The number of nitrogens with one attached hydrogen (secondary N) is 1. The van der Waals surface area contributed by atoms with Gasteiger partial charge in [-0.1, -0.05) is 41.9 Å². The number of benzene rings is 2. The van der Waals surface area contributed by atoms with Crippen LogP contribution in [0, 0.1) is 0 Å². The number of halogens is 1. The van der Waals surface area contributed by atoms with Crippen molar-refractivity contribution in [2.24, 2.45) is 5.84 Å². The maximum atomic E-state index is 12.0. The first-order chi connectivity index (χ1) is 10.7. The second kappa shape index (κ2) is 6.01. The molecule has 0 fully saturated rings. The van der Waals surface area contributed by atoms with Gasteiger partial charge in [0.25, 0.3) is 5.91 Å². The molecule has 0 unspecified atom stereocenters. The molecular weight excluding hydrogens is 300 g/mol. The van der Waals surface area contributed by atoms with Crippen molar-refractivity contribution >= 4 is 17.5 Å². The fourth-order valence-corrected chi connectivity index (χ4v) is 2.28. The van der Waals surface area contributed by atoms with Crippen LogP contribution >= 0.6 is 11.6 Å². The van der Waals surface area contributed by atoms with Gasteiger partial charge >= 0.3 is 0 Å². The predicted octanol–water partition coefficient (Wildman–Crippen LogP) is 2.80. The molecule has 3 rings (SSSR count). The Morgan fingerprint density at radius 2 is 1.77 bits per heavy atom. The summed E-state index contributed by atoms with van der Waals surface area (Å²) in [4.78, 5) is 12.0. The standard InChI is InChI=1S/C16H13ClN4O/c17-12-8-6-11(7-9-12)15-14(16(22)19-18)10-21(20-15)13-4-2-1-3-5-13/h1-10H,18H2,(H,19,22). The summed E-state index contributed by atoms with van der Waals surface area (Å²) in [7, 11) is 0. The molecule has 0 bridgehead atoms. The first-order valence-electron chi connectivity index (χ1n) is 6.61. The number of hydrogen-bond donors (Lipinski definition) is 2. The number of nitrogen functional groups attached to an aromatic ring is 1. The monoisotopic (exact) mass is 312 g/mol. The number of rotatable bonds is 3. The van der Waals surface area contributed by atoms with Gasteiger partial charge < -0.3 is 0 Å². The molecular formula is C16H13ClN4O. The first-order valence-corrected chi connectivity index (χ1v) is 6.99. The molecule has 5 nitrogen and oxygen atoms in total. The first kappa shape index (κ1) is 14.3. The second-order valence-corrected chi connectivity index (χ2v) is 5.09. The van der Waals surface area contributed by atoms with E-state index in [1.54, 1.807) is 23.0 Å². The number of nitrogens with two attached hydrogens (primary N) is 1. The number of amides is 1. The quantitative estimate of drug-likeness (QED) is 0.444. The highest BCUT2D eigenvalue weighted by Gasteiger charge is 2.17. The third kappa shape index (κ3) is 2.72. The number of carbonyl (C=O) groups is 1. The number of nitrogens with zero attached hydrogens (tertiary/aromatic N) is 2. The zero-order valence-electron chi connectivity index (χ0n) is 11.5. The van der Waals surface area contributed by atoms with Gasteiger partial charge in [0.1, 0.15) is 5.69 Å². The Bertz CT molecular complexity index is 797. The maximum absolute atomic E-state index is 12.0. The summed E-state index contributed by atoms with van der Waals surface area (Å²) in [6, 6.07) is 16.7. The molecule has 0 spiro atoms. The Morgan fingerprint density at radius 1 is 1.09 bits per heavy atom. The molecule has 22 heavy (non-hydrogen) atoms. The summed E-state index contributed by atoms with van der Waals surface area (Å²) in [5.74, 6) is 4.87. The highest BCUT2D eigenvalue weighted by atomic mass is 35.5. The van der Waals surface area contributed by atoms with E-state index in [9.17, 15) is 4.79 Å². The minimum Gasteiger partial charge on any atom is -0.290 e. The molecule has 0 aliphatic heterocycles. The van der Waals surface area contributed by atoms with Crippen LogP contribution in [0.15, 0.2) is 60.8 Å². The lowest BCUT2D eigenvalue weighted by atomic mass is 10.1. The minimum absolute atomic E-state index is 0.396. The molecule has 0 radical (unpaired) electrons. The van der Waals surface area contributed by atoms with Crippen LogP contribution in [0.5, 0.6) is 0 Å². The fraction of sp³-hybridized carbons (Fsp3) is 0. The van der Waals surface area contributed by atoms with Crippen molar-refractivity contribution in [2.45, 2.75) is 0 Å². The van der Waals surface area contributed by atoms with Gasteiger partial charge in [0.15, 0.2) is 0 Å². The van der Waals surface area contributed by atoms with E-state index in [1.807, 2.05) is 42.5 Å². The van der Waals surface area contributed by atoms with Crippen LogP contribution in [0.4, 0.5) is 0 Å². The van der Waals surface area contributed by atoms with E-state index in [0.29, 0.717) is 16.3 Å². The summed E-state index contributed by atoms with van der Waals surface area (Å²) in [6.07, 6.45) is 1.65. The number of hydrazine groups is 1. The van der Waals surface area contributed by atoms with Crippen molar-refractivity contribution < 1.29 is 4.79 Å². The van der Waals surface area contributed by atoms with Crippen LogP contribution < -0.4 is 11.3 Å². The van der Waals surface area contributed by atoms with E-state index in [0.717, 1.165) is 11.3 Å². The third-order valence-electron chi connectivity index (χ3n) is 3.23. The topological polar surface area (TPSA) is 72.9 Å². The summed E-state index contributed by atoms with van der Waals surface area (Å²) >= 11 is 5.90. The molecule has 1 aromatic heterocycles. The van der Waals surface area contributed by atoms with Crippen LogP contribution in [0.2, 0.25) is 5.02 Å². The lowest BCUT2D eigenvalue weighted by Crippen LogP contribution is -2.30. The largest absolute Gasteiger partial charge is 0.290 e. The van der Waals surface area contributed by atoms with Crippen molar-refractivity contribution in [1.29, 1.82) is 0 Å². The summed E-state index contributed by atoms with van der Waals surface area (Å²) < 4.78 is 1.65. The molecule has 1 amide bonds. The molecule has 0 saturated heterocycles. The normalized spacial score (nSPS) is 10.5. The van der Waals surface area contributed by atoms with Crippen LogP contribution in [0.3, 0.4) is 0 Å². The predicted molar refractivity (Wildman–Crippen MR) is 85.7 cm³/mol. The Hall–Kier alpha value is -2.63. The van der Waals surface area contributed by atoms with E-state index in [-0.39, 0.29) is 0 Å². The lowest BCUT2D eigenvalue weighted by molar-refractivity contribution is 0.0954. The van der Waals surface area contributed by atoms with Crippen molar-refractivity contribution in [3.8, 4) is 16.9 Å². The average molecular weight is 313 g/mol. The zero-order chi connectivity index (χ0) is 15.5. The van der Waals surface area contributed by atoms with Crippen LogP contribution in [0.25, 0.3) is 16.9 Å². The van der Waals surface area contributed by atoms with Crippen LogP contribution in [0.1, 0.15) is 10.4 Å². The van der Waals surface area contributed by atoms with Gasteiger partial charge in [0.05, 0.1) is 11.3 Å². The molecule has 3 aromatic rings. The fourth-order valence-electron chi connectivity index (χ4n) is 2.15. The maximum Gasteiger partial charge on any atom is 0.269 e. The van der Waals surface area contributed by atoms with Gasteiger partial charge in [-0.2, -0.15) is 5.10 Å². The Morgan fingerprint density at radius 3 is 2.41 bits per heavy atom. The highest BCUT2D eigenvalue weighted by Crippen LogP contribution is 2.25. The van der Waals surface area contributed by atoms with E-state index in [2.05, 4.69) is 10.5 Å². The highest BCUT2D eigenvalue weighted by molar-refractivity contribution is 6.30. The van der Waals surface area contributed by atoms with E-state index in [4.69, 9.17) is 17.4 Å². The van der Waals surface area contributed by atoms with Crippen LogP contribution in [-0.4, -0.2) is 15.7 Å². The van der Waals surface area contributed by atoms with Gasteiger partial charge in [0.2, 0.25) is 0 Å². The molecule has 0 saturated carbocycles. The Kier molecular flexibility index (Phi) is 3.91. The molecule has 0 aliphatic carbocycles. The average Bonchev–Trinajstić information content (AvgIpc) is 3.01. The van der Waals surface area contributed by atoms with Gasteiger partial charge in [-0.05, 0) is 24.3 Å². The van der Waals surface area contributed by atoms with Crippen molar-refractivity contribution in [3.63, 3.8) is 0 Å². The number of hydrogen-bond acceptors (Lipinski definition) is 3. The molecule has 110 valence electrons. The molecule has 0 atom stereocenters. The SMILES string of the molecule is NNC(=O)c1cn(-c2ccccc2)nc1-c1ccc(Cl)cc1. The van der Waals surface area contributed by atoms with Gasteiger partial charge in [-0.15, -0.1) is 0 Å². The van der Waals surface area contributed by atoms with Gasteiger partial charge in [0, 0.05) is 16.8 Å². The smallest absolute Gasteiger partial charge is 0.269 e. The molecule has 1 heterocycles. The summed E-state index contributed by atoms with van der Waals surface area (Å²) in [5, 5.41) is 5.13. The zero-order valence-corrected chi connectivity index (χ0v) is 12.3. The molecule has 0 aliphatic rings. The molecule has 6 heteroatoms. The van der Waals surface area contributed by atoms with Gasteiger partial charge in [-0.25, -0.2) is 10.5 Å². The summed E-state index contributed by atoms with van der Waals surface area (Å²) in [6.45, 7) is 0. The Labute approximate surface area is 132 Å². The third-order valence-corrected chi connectivity index (χ3v) is 3.48. The Balaban J connectivity index is 2.13. The van der Waals surface area contributed by atoms with Gasteiger partial charge in [-0.3, -0.25) is 10.2 Å². The van der Waals surface area contributed by atoms with E-state index < -0.39 is 5.91 Å². The second-order valence-electron chi connectivity index (χ2n) is 4.65. The van der Waals surface area contributed by atoms with E-state index in [1.165, 1.54) is 0 Å². The van der Waals surface area contributed by atoms with Crippen molar-refractivity contribution in [2.75, 3.05) is 0 Å². The van der Waals surface area contributed by atoms with Crippen molar-refractivity contribution in [3.05, 3.63) is 71.4 Å². The lowest BCUT2D eigenvalue weighted by Gasteiger charge is -2.01. The minimum atomic E-state index is -0.396.